The molecule has 2 aromatic heterocycles. The Bertz CT molecular complexity index is 1420. The molecule has 34 heavy (non-hydrogen) atoms. The van der Waals surface area contributed by atoms with Crippen LogP contribution in [-0.2, 0) is 6.42 Å². The van der Waals surface area contributed by atoms with Gasteiger partial charge in [0.05, 0.1) is 6.04 Å². The van der Waals surface area contributed by atoms with Crippen LogP contribution in [0, 0.1) is 6.92 Å². The number of aryl methyl sites for hydroxylation is 1. The topological polar surface area (TPSA) is 73.6 Å². The maximum absolute atomic E-state index is 13.7. The average Bonchev–Trinajstić information content (AvgIpc) is 3.49. The van der Waals surface area contributed by atoms with Crippen LogP contribution in [0.3, 0.4) is 0 Å². The molecular weight excluding hydrogens is 444 g/mol. The lowest BCUT2D eigenvalue weighted by Crippen LogP contribution is -2.30. The number of rotatable bonds is 8. The van der Waals surface area contributed by atoms with Crippen molar-refractivity contribution >= 4 is 28.3 Å². The van der Waals surface area contributed by atoms with Crippen LogP contribution < -0.4 is 5.32 Å². The lowest BCUT2D eigenvalue weighted by atomic mass is 9.96. The monoisotopic (exact) mass is 468 g/mol. The third-order valence-corrected chi connectivity index (χ3v) is 6.25. The van der Waals surface area contributed by atoms with Crippen molar-refractivity contribution in [3.63, 3.8) is 0 Å². The summed E-state index contributed by atoms with van der Waals surface area (Å²) < 4.78 is 0. The van der Waals surface area contributed by atoms with Gasteiger partial charge in [-0.2, -0.15) is 0 Å². The minimum Gasteiger partial charge on any atom is -0.360 e. The fourth-order valence-corrected chi connectivity index (χ4v) is 4.34. The Hall–Kier alpha value is -3.67. The van der Waals surface area contributed by atoms with Gasteiger partial charge in [-0.25, -0.2) is 4.98 Å². The number of aromatic nitrogens is 3. The second-order valence-electron chi connectivity index (χ2n) is 8.42. The third kappa shape index (κ3) is 4.67. The fourth-order valence-electron chi connectivity index (χ4n) is 4.21. The summed E-state index contributed by atoms with van der Waals surface area (Å²) in [6.07, 6.45) is 4.41. The van der Waals surface area contributed by atoms with Gasteiger partial charge in [-0.3, -0.25) is 4.79 Å². The summed E-state index contributed by atoms with van der Waals surface area (Å²) in [7, 11) is 0. The summed E-state index contributed by atoms with van der Waals surface area (Å²) in [5.74, 6) is 0.850. The smallest absolute Gasteiger partial charge is 0.186 e. The van der Waals surface area contributed by atoms with Crippen LogP contribution in [0.4, 0.5) is 0 Å². The second kappa shape index (κ2) is 9.67. The molecule has 0 aliphatic carbocycles. The molecule has 3 N–H and O–H groups in total. The van der Waals surface area contributed by atoms with Crippen molar-refractivity contribution in [2.24, 2.45) is 0 Å². The van der Waals surface area contributed by atoms with Gasteiger partial charge in [-0.05, 0) is 42.7 Å². The largest absolute Gasteiger partial charge is 0.360 e. The molecule has 1 atom stereocenters. The number of benzene rings is 3. The van der Waals surface area contributed by atoms with Crippen LogP contribution in [0.15, 0.2) is 85.2 Å². The number of nitrogens with zero attached hydrogens (tertiary/aromatic N) is 1. The number of carbonyl (C=O) groups excluding carboxylic acids is 1. The number of aromatic amines is 2. The number of nitrogens with one attached hydrogen (secondary N) is 3. The highest BCUT2D eigenvalue weighted by Gasteiger charge is 2.24. The highest BCUT2D eigenvalue weighted by Crippen LogP contribution is 2.28. The minimum absolute atomic E-state index is 0.0372. The van der Waals surface area contributed by atoms with Crippen LogP contribution >= 0.6 is 11.6 Å². The first-order valence-electron chi connectivity index (χ1n) is 11.3. The van der Waals surface area contributed by atoms with E-state index in [0.29, 0.717) is 12.1 Å². The molecule has 0 spiro atoms. The summed E-state index contributed by atoms with van der Waals surface area (Å²) in [5, 5.41) is 5.10. The summed E-state index contributed by atoms with van der Waals surface area (Å²) in [6.45, 7) is 2.64. The van der Waals surface area contributed by atoms with E-state index in [1.165, 1.54) is 5.56 Å². The fraction of sp³-hybridized carbons (Fsp3) is 0.143. The van der Waals surface area contributed by atoms with E-state index in [2.05, 4.69) is 20.3 Å². The molecule has 5 rings (SSSR count). The number of imidazole rings is 1. The molecule has 0 bridgehead atoms. The maximum atomic E-state index is 13.7. The van der Waals surface area contributed by atoms with E-state index in [9.17, 15) is 4.79 Å². The Morgan fingerprint density at radius 2 is 1.85 bits per heavy atom. The molecule has 0 aliphatic heterocycles. The molecule has 2 heterocycles. The SMILES string of the molecule is Cc1cnc(-c2ccc3c(C(=O)[C@H](NCCc4ccc(Cl)cc4)c4ccccc4)c[nH]c3c2)[nH]1. The van der Waals surface area contributed by atoms with E-state index in [0.717, 1.165) is 45.0 Å². The van der Waals surface area contributed by atoms with Gasteiger partial charge >= 0.3 is 0 Å². The Labute approximate surface area is 203 Å². The van der Waals surface area contributed by atoms with E-state index in [1.807, 2.05) is 85.9 Å². The molecule has 5 aromatic rings. The molecular formula is C28H25ClN4O. The minimum atomic E-state index is -0.445. The molecule has 0 radical (unpaired) electrons. The summed E-state index contributed by atoms with van der Waals surface area (Å²) >= 11 is 6.00. The van der Waals surface area contributed by atoms with Gasteiger partial charge in [-0.15, -0.1) is 0 Å². The van der Waals surface area contributed by atoms with Gasteiger partial charge in [-0.1, -0.05) is 66.2 Å². The molecule has 0 fully saturated rings. The third-order valence-electron chi connectivity index (χ3n) is 5.99. The number of hydrogen-bond acceptors (Lipinski definition) is 3. The molecule has 0 amide bonds. The van der Waals surface area contributed by atoms with Gasteiger partial charge in [0, 0.05) is 51.7 Å². The first-order chi connectivity index (χ1) is 16.6. The highest BCUT2D eigenvalue weighted by atomic mass is 35.5. The Morgan fingerprint density at radius 1 is 1.06 bits per heavy atom. The van der Waals surface area contributed by atoms with Gasteiger partial charge in [0.2, 0.25) is 0 Å². The predicted molar refractivity (Wildman–Crippen MR) is 137 cm³/mol. The van der Waals surface area contributed by atoms with Crippen molar-refractivity contribution in [1.29, 1.82) is 0 Å². The average molecular weight is 469 g/mol. The molecule has 170 valence electrons. The van der Waals surface area contributed by atoms with Crippen LogP contribution in [0.2, 0.25) is 5.02 Å². The number of fused-ring (bicyclic) bond motifs is 1. The number of H-pyrrole nitrogens is 2. The molecule has 0 saturated carbocycles. The van der Waals surface area contributed by atoms with Crippen molar-refractivity contribution < 1.29 is 4.79 Å². The van der Waals surface area contributed by atoms with E-state index in [4.69, 9.17) is 11.6 Å². The molecule has 5 nitrogen and oxygen atoms in total. The number of carbonyl (C=O) groups is 1. The van der Waals surface area contributed by atoms with Crippen molar-refractivity contribution in [1.82, 2.24) is 20.3 Å². The Kier molecular flexibility index (Phi) is 6.30. The van der Waals surface area contributed by atoms with Crippen LogP contribution in [-0.4, -0.2) is 27.3 Å². The standard InChI is InChI=1S/C28H25ClN4O/c1-18-16-32-28(33-18)21-9-12-23-24(17-31-25(23)15-21)27(34)26(20-5-3-2-4-6-20)30-14-13-19-7-10-22(29)11-8-19/h2-12,15-17,26,30-31H,13-14H2,1H3,(H,32,33)/t26-/m1/s1. The van der Waals surface area contributed by atoms with Crippen LogP contribution in [0.1, 0.15) is 33.2 Å². The maximum Gasteiger partial charge on any atom is 0.186 e. The molecule has 0 aliphatic rings. The predicted octanol–water partition coefficient (Wildman–Crippen LogP) is 6.28. The lowest BCUT2D eigenvalue weighted by molar-refractivity contribution is 0.0945. The van der Waals surface area contributed by atoms with E-state index in [-0.39, 0.29) is 5.78 Å². The number of Topliss-reactive ketones (excluding diaryl/α,β-unsaturated/α-hetero) is 1. The van der Waals surface area contributed by atoms with Gasteiger partial charge < -0.3 is 15.3 Å². The molecule has 3 aromatic carbocycles. The molecule has 6 heteroatoms. The second-order valence-corrected chi connectivity index (χ2v) is 8.85. The van der Waals surface area contributed by atoms with E-state index >= 15 is 0 Å². The first-order valence-corrected chi connectivity index (χ1v) is 11.7. The van der Waals surface area contributed by atoms with Gasteiger partial charge in [0.25, 0.3) is 0 Å². The first kappa shape index (κ1) is 22.1. The number of halogens is 1. The van der Waals surface area contributed by atoms with E-state index < -0.39 is 6.04 Å². The van der Waals surface area contributed by atoms with Crippen LogP contribution in [0.5, 0.6) is 0 Å². The van der Waals surface area contributed by atoms with Crippen molar-refractivity contribution in [3.8, 4) is 11.4 Å². The lowest BCUT2D eigenvalue weighted by Gasteiger charge is -2.18. The van der Waals surface area contributed by atoms with Gasteiger partial charge in [0.1, 0.15) is 5.82 Å². The summed E-state index contributed by atoms with van der Waals surface area (Å²) in [5.41, 5.74) is 5.67. The molecule has 0 saturated heterocycles. The highest BCUT2D eigenvalue weighted by molar-refractivity contribution is 6.30. The van der Waals surface area contributed by atoms with E-state index in [1.54, 1.807) is 6.20 Å². The zero-order valence-corrected chi connectivity index (χ0v) is 19.6. The van der Waals surface area contributed by atoms with Crippen LogP contribution in [0.25, 0.3) is 22.3 Å². The van der Waals surface area contributed by atoms with Gasteiger partial charge in [0.15, 0.2) is 5.78 Å². The van der Waals surface area contributed by atoms with Crippen molar-refractivity contribution in [2.45, 2.75) is 19.4 Å². The Balaban J connectivity index is 1.40. The zero-order chi connectivity index (χ0) is 23.5. The zero-order valence-electron chi connectivity index (χ0n) is 18.8. The Morgan fingerprint density at radius 3 is 2.59 bits per heavy atom. The number of ketones is 1. The quantitative estimate of drug-likeness (QED) is 0.235. The number of hydrogen-bond donors (Lipinski definition) is 3. The van der Waals surface area contributed by atoms with Crippen molar-refractivity contribution in [3.05, 3.63) is 113 Å². The normalized spacial score (nSPS) is 12.2. The summed E-state index contributed by atoms with van der Waals surface area (Å²) in [6, 6.07) is 23.2. The molecule has 0 unspecified atom stereocenters. The van der Waals surface area contributed by atoms with Crippen molar-refractivity contribution in [2.75, 3.05) is 6.54 Å². The summed E-state index contributed by atoms with van der Waals surface area (Å²) in [4.78, 5) is 24.7.